The molecule has 0 heterocycles. The molecule has 0 spiro atoms. The van der Waals surface area contributed by atoms with E-state index >= 15 is 0 Å². The molecule has 0 saturated heterocycles. The Kier molecular flexibility index (Phi) is 8.28. The Labute approximate surface area is 124 Å². The van der Waals surface area contributed by atoms with Gasteiger partial charge in [0.05, 0.1) is 12.5 Å². The largest absolute Gasteiger partial charge is 0.466 e. The van der Waals surface area contributed by atoms with Gasteiger partial charge >= 0.3 is 5.97 Å². The fraction of sp³-hybridized carbons (Fsp3) is 0.867. The summed E-state index contributed by atoms with van der Waals surface area (Å²) in [6, 6.07) is 0. The van der Waals surface area contributed by atoms with Gasteiger partial charge in [-0.25, -0.2) is 0 Å². The van der Waals surface area contributed by atoms with E-state index in [1.807, 2.05) is 0 Å². The lowest BCUT2D eigenvalue weighted by Crippen LogP contribution is -2.41. The van der Waals surface area contributed by atoms with E-state index in [2.05, 4.69) is 33.9 Å². The maximum absolute atomic E-state index is 11.7. The van der Waals surface area contributed by atoms with Crippen LogP contribution in [0.1, 0.15) is 47.0 Å². The van der Waals surface area contributed by atoms with Crippen molar-refractivity contribution in [3.8, 4) is 0 Å². The number of esters is 1. The first-order chi connectivity index (χ1) is 9.15. The maximum Gasteiger partial charge on any atom is 0.309 e. The average molecular weight is 302 g/mol. The quantitative estimate of drug-likeness (QED) is 0.283. The number of aldehydes is 1. The molecule has 0 aliphatic rings. The van der Waals surface area contributed by atoms with Crippen molar-refractivity contribution in [1.82, 2.24) is 0 Å². The number of carbonyl (C=O) groups excluding carboxylic acids is 2. The highest BCUT2D eigenvalue weighted by Gasteiger charge is 2.36. The fourth-order valence-electron chi connectivity index (χ4n) is 1.58. The van der Waals surface area contributed by atoms with Gasteiger partial charge in [-0.3, -0.25) is 4.79 Å². The van der Waals surface area contributed by atoms with Crippen LogP contribution in [-0.4, -0.2) is 33.8 Å². The minimum Gasteiger partial charge on any atom is -0.466 e. The van der Waals surface area contributed by atoms with Crippen LogP contribution in [-0.2, 0) is 18.8 Å². The molecule has 1 atom stereocenters. The lowest BCUT2D eigenvalue weighted by Gasteiger charge is -2.36. The van der Waals surface area contributed by atoms with Crippen LogP contribution in [0.3, 0.4) is 0 Å². The number of ether oxygens (including phenoxy) is 1. The average Bonchev–Trinajstić information content (AvgIpc) is 2.31. The molecule has 0 aromatic carbocycles. The highest BCUT2D eigenvalue weighted by Crippen LogP contribution is 2.36. The second-order valence-electron chi connectivity index (χ2n) is 6.60. The molecule has 20 heavy (non-hydrogen) atoms. The van der Waals surface area contributed by atoms with Crippen LogP contribution in [0.4, 0.5) is 0 Å². The molecule has 0 aromatic rings. The molecule has 0 unspecified atom stereocenters. The molecular weight excluding hydrogens is 272 g/mol. The van der Waals surface area contributed by atoms with Gasteiger partial charge in [-0.15, -0.1) is 0 Å². The summed E-state index contributed by atoms with van der Waals surface area (Å²) in [5, 5.41) is 0.191. The van der Waals surface area contributed by atoms with E-state index < -0.39 is 8.32 Å². The molecule has 0 aromatic heterocycles. The minimum atomic E-state index is -1.72. The van der Waals surface area contributed by atoms with E-state index in [1.54, 1.807) is 6.92 Å². The first kappa shape index (κ1) is 19.3. The van der Waals surface area contributed by atoms with E-state index in [0.29, 0.717) is 19.6 Å². The fourth-order valence-corrected chi connectivity index (χ4v) is 2.67. The summed E-state index contributed by atoms with van der Waals surface area (Å²) < 4.78 is 11.0. The minimum absolute atomic E-state index is 0.191. The number of hydrogen-bond acceptors (Lipinski definition) is 4. The zero-order valence-corrected chi connectivity index (χ0v) is 14.8. The third-order valence-electron chi connectivity index (χ3n) is 3.97. The van der Waals surface area contributed by atoms with Crippen LogP contribution in [0.5, 0.6) is 0 Å². The summed E-state index contributed by atoms with van der Waals surface area (Å²) in [5.41, 5.74) is 0. The summed E-state index contributed by atoms with van der Waals surface area (Å²) in [6.45, 7) is 13.8. The number of hydrogen-bond donors (Lipinski definition) is 0. The third-order valence-corrected chi connectivity index (χ3v) is 8.50. The normalized spacial score (nSPS) is 13.9. The highest BCUT2D eigenvalue weighted by atomic mass is 28.4. The molecule has 4 nitrogen and oxygen atoms in total. The van der Waals surface area contributed by atoms with E-state index in [4.69, 9.17) is 9.16 Å². The van der Waals surface area contributed by atoms with Crippen molar-refractivity contribution in [1.29, 1.82) is 0 Å². The monoisotopic (exact) mass is 302 g/mol. The zero-order chi connectivity index (χ0) is 15.8. The van der Waals surface area contributed by atoms with Crippen LogP contribution in [0.25, 0.3) is 0 Å². The van der Waals surface area contributed by atoms with Crippen molar-refractivity contribution in [3.63, 3.8) is 0 Å². The van der Waals surface area contributed by atoms with Gasteiger partial charge in [-0.05, 0) is 37.9 Å². The molecule has 118 valence electrons. The Morgan fingerprint density at radius 1 is 1.30 bits per heavy atom. The second kappa shape index (κ2) is 8.57. The standard InChI is InChI=1S/C15H30O4Si/c1-7-18-14(17)13(10-11-16)9-8-12-19-20(5,6)15(2,3)4/h11,13H,7-10,12H2,1-6H3/t13-/m1/s1. The Hall–Kier alpha value is -0.683. The predicted molar refractivity (Wildman–Crippen MR) is 83.2 cm³/mol. The molecule has 0 amide bonds. The predicted octanol–water partition coefficient (Wildman–Crippen LogP) is 3.56. The number of rotatable bonds is 9. The summed E-state index contributed by atoms with van der Waals surface area (Å²) in [4.78, 5) is 22.3. The summed E-state index contributed by atoms with van der Waals surface area (Å²) in [6.07, 6.45) is 2.45. The SMILES string of the molecule is CCOC(=O)[C@@H](CC=O)CCCO[Si](C)(C)C(C)(C)C. The van der Waals surface area contributed by atoms with Crippen molar-refractivity contribution in [2.24, 2.45) is 5.92 Å². The summed E-state index contributed by atoms with van der Waals surface area (Å²) in [7, 11) is -1.72. The first-order valence-corrected chi connectivity index (χ1v) is 10.3. The number of carbonyl (C=O) groups is 2. The molecule has 0 aliphatic heterocycles. The van der Waals surface area contributed by atoms with Crippen molar-refractivity contribution < 1.29 is 18.8 Å². The van der Waals surface area contributed by atoms with Gasteiger partial charge in [0.2, 0.25) is 0 Å². The van der Waals surface area contributed by atoms with E-state index in [-0.39, 0.29) is 23.3 Å². The summed E-state index contributed by atoms with van der Waals surface area (Å²) in [5.74, 6) is -0.595. The van der Waals surface area contributed by atoms with Crippen molar-refractivity contribution in [3.05, 3.63) is 0 Å². The Balaban J connectivity index is 4.19. The Bertz CT molecular complexity index is 307. The van der Waals surface area contributed by atoms with Crippen molar-refractivity contribution in [2.45, 2.75) is 65.1 Å². The van der Waals surface area contributed by atoms with Crippen LogP contribution in [0, 0.1) is 5.92 Å². The highest BCUT2D eigenvalue weighted by molar-refractivity contribution is 6.74. The molecule has 0 rings (SSSR count). The smallest absolute Gasteiger partial charge is 0.309 e. The van der Waals surface area contributed by atoms with E-state index in [9.17, 15) is 9.59 Å². The lowest BCUT2D eigenvalue weighted by atomic mass is 10.0. The molecule has 0 N–H and O–H groups in total. The van der Waals surface area contributed by atoms with Crippen molar-refractivity contribution in [2.75, 3.05) is 13.2 Å². The topological polar surface area (TPSA) is 52.6 Å². The van der Waals surface area contributed by atoms with Gasteiger partial charge in [0.1, 0.15) is 6.29 Å². The molecular formula is C15H30O4Si. The third kappa shape index (κ3) is 6.66. The lowest BCUT2D eigenvalue weighted by molar-refractivity contribution is -0.149. The van der Waals surface area contributed by atoms with Gasteiger partial charge in [0.25, 0.3) is 0 Å². The van der Waals surface area contributed by atoms with Crippen LogP contribution >= 0.6 is 0 Å². The molecule has 0 aliphatic carbocycles. The van der Waals surface area contributed by atoms with Crippen molar-refractivity contribution >= 4 is 20.6 Å². The molecule has 0 saturated carbocycles. The molecule has 0 bridgehead atoms. The van der Waals surface area contributed by atoms with Gasteiger partial charge in [-0.1, -0.05) is 20.8 Å². The van der Waals surface area contributed by atoms with Gasteiger partial charge in [-0.2, -0.15) is 0 Å². The zero-order valence-electron chi connectivity index (χ0n) is 13.8. The maximum atomic E-state index is 11.7. The Morgan fingerprint density at radius 2 is 1.90 bits per heavy atom. The van der Waals surface area contributed by atoms with Gasteiger partial charge in [0, 0.05) is 13.0 Å². The van der Waals surface area contributed by atoms with E-state index in [0.717, 1.165) is 12.7 Å². The molecule has 5 heteroatoms. The summed E-state index contributed by atoms with van der Waals surface area (Å²) >= 11 is 0. The van der Waals surface area contributed by atoms with Crippen LogP contribution in [0.15, 0.2) is 0 Å². The van der Waals surface area contributed by atoms with Crippen LogP contribution < -0.4 is 0 Å². The van der Waals surface area contributed by atoms with Crippen LogP contribution in [0.2, 0.25) is 18.1 Å². The second-order valence-corrected chi connectivity index (χ2v) is 11.4. The molecule has 0 radical (unpaired) electrons. The van der Waals surface area contributed by atoms with Gasteiger partial charge in [0.15, 0.2) is 8.32 Å². The Morgan fingerprint density at radius 3 is 2.35 bits per heavy atom. The first-order valence-electron chi connectivity index (χ1n) is 7.40. The van der Waals surface area contributed by atoms with Gasteiger partial charge < -0.3 is 14.0 Å². The molecule has 0 fully saturated rings. The van der Waals surface area contributed by atoms with E-state index in [1.165, 1.54) is 0 Å².